The van der Waals surface area contributed by atoms with E-state index in [4.69, 9.17) is 9.47 Å². The molecule has 1 aromatic carbocycles. The average molecular weight is 391 g/mol. The normalized spacial score (nSPS) is 16.2. The van der Waals surface area contributed by atoms with Crippen LogP contribution >= 0.6 is 0 Å². The lowest BCUT2D eigenvalue weighted by atomic mass is 10.0. The predicted molar refractivity (Wildman–Crippen MR) is 110 cm³/mol. The van der Waals surface area contributed by atoms with Crippen LogP contribution in [0, 0.1) is 5.92 Å². The van der Waals surface area contributed by atoms with Gasteiger partial charge in [-0.05, 0) is 43.2 Å². The van der Waals surface area contributed by atoms with Crippen molar-refractivity contribution in [1.29, 1.82) is 0 Å². The van der Waals surface area contributed by atoms with Crippen LogP contribution in [0.15, 0.2) is 24.3 Å². The number of alkyl carbamates (subject to hydrolysis) is 1. The molecule has 2 rings (SSSR count). The zero-order chi connectivity index (χ0) is 20.7. The first kappa shape index (κ1) is 22.1. The lowest BCUT2D eigenvalue weighted by molar-refractivity contribution is -0.139. The molecule has 1 heterocycles. The molecule has 1 atom stereocenters. The molecule has 0 saturated carbocycles. The standard InChI is InChI=1S/C22H34N2O4/c1-15(2)14-27-22(26)23-18-10-12-24(13-11-18)21(25)17(5)28-20-9-7-6-8-19(20)16(3)4/h6-9,15-18H,10-14H2,1-5H3,(H,23,26). The number of carbonyl (C=O) groups is 2. The van der Waals surface area contributed by atoms with Crippen LogP contribution in [0.1, 0.15) is 58.9 Å². The number of rotatable bonds is 7. The molecule has 28 heavy (non-hydrogen) atoms. The highest BCUT2D eigenvalue weighted by molar-refractivity contribution is 5.81. The summed E-state index contributed by atoms with van der Waals surface area (Å²) in [6, 6.07) is 7.90. The summed E-state index contributed by atoms with van der Waals surface area (Å²) in [7, 11) is 0. The van der Waals surface area contributed by atoms with E-state index in [0.717, 1.165) is 24.2 Å². The van der Waals surface area contributed by atoms with Crippen molar-refractivity contribution < 1.29 is 19.1 Å². The van der Waals surface area contributed by atoms with E-state index >= 15 is 0 Å². The molecular formula is C22H34N2O4. The summed E-state index contributed by atoms with van der Waals surface area (Å²) in [5, 5.41) is 2.89. The Morgan fingerprint density at radius 3 is 2.36 bits per heavy atom. The zero-order valence-electron chi connectivity index (χ0n) is 17.7. The van der Waals surface area contributed by atoms with E-state index in [1.807, 2.05) is 43.0 Å². The van der Waals surface area contributed by atoms with Gasteiger partial charge in [0.05, 0.1) is 6.61 Å². The molecule has 1 N–H and O–H groups in total. The van der Waals surface area contributed by atoms with Crippen LogP contribution in [0.2, 0.25) is 0 Å². The molecular weight excluding hydrogens is 356 g/mol. The van der Waals surface area contributed by atoms with Gasteiger partial charge in [-0.1, -0.05) is 45.9 Å². The van der Waals surface area contributed by atoms with E-state index in [2.05, 4.69) is 19.2 Å². The van der Waals surface area contributed by atoms with Crippen LogP contribution in [0.3, 0.4) is 0 Å². The molecule has 1 aromatic rings. The Hall–Kier alpha value is -2.24. The molecule has 1 unspecified atom stereocenters. The molecule has 6 nitrogen and oxygen atoms in total. The minimum absolute atomic E-state index is 0.0145. The topological polar surface area (TPSA) is 67.9 Å². The molecule has 1 aliphatic heterocycles. The number of hydrogen-bond acceptors (Lipinski definition) is 4. The number of para-hydroxylation sites is 1. The highest BCUT2D eigenvalue weighted by Crippen LogP contribution is 2.27. The van der Waals surface area contributed by atoms with Gasteiger partial charge in [0, 0.05) is 19.1 Å². The molecule has 156 valence electrons. The number of ether oxygens (including phenoxy) is 2. The van der Waals surface area contributed by atoms with Gasteiger partial charge in [0.15, 0.2) is 6.10 Å². The maximum absolute atomic E-state index is 12.8. The summed E-state index contributed by atoms with van der Waals surface area (Å²) in [4.78, 5) is 26.4. The van der Waals surface area contributed by atoms with Crippen LogP contribution < -0.4 is 10.1 Å². The molecule has 1 aliphatic rings. The Kier molecular flexibility index (Phi) is 8.15. The maximum atomic E-state index is 12.8. The highest BCUT2D eigenvalue weighted by Gasteiger charge is 2.28. The maximum Gasteiger partial charge on any atom is 0.407 e. The number of likely N-dealkylation sites (tertiary alicyclic amines) is 1. The van der Waals surface area contributed by atoms with Crippen LogP contribution in [0.4, 0.5) is 4.79 Å². The van der Waals surface area contributed by atoms with E-state index in [1.165, 1.54) is 0 Å². The SMILES string of the molecule is CC(C)COC(=O)NC1CCN(C(=O)C(C)Oc2ccccc2C(C)C)CC1. The largest absolute Gasteiger partial charge is 0.481 e. The summed E-state index contributed by atoms with van der Waals surface area (Å²) in [6.45, 7) is 11.6. The van der Waals surface area contributed by atoms with E-state index < -0.39 is 6.10 Å². The first-order chi connectivity index (χ1) is 13.3. The van der Waals surface area contributed by atoms with Crippen LogP contribution in [0.25, 0.3) is 0 Å². The summed E-state index contributed by atoms with van der Waals surface area (Å²) in [5.74, 6) is 1.39. The second-order valence-electron chi connectivity index (χ2n) is 8.19. The van der Waals surface area contributed by atoms with Gasteiger partial charge in [-0.2, -0.15) is 0 Å². The van der Waals surface area contributed by atoms with Gasteiger partial charge in [0.1, 0.15) is 5.75 Å². The van der Waals surface area contributed by atoms with Gasteiger partial charge >= 0.3 is 6.09 Å². The van der Waals surface area contributed by atoms with Crippen LogP contribution in [0.5, 0.6) is 5.75 Å². The first-order valence-electron chi connectivity index (χ1n) is 10.3. The minimum Gasteiger partial charge on any atom is -0.481 e. The molecule has 1 fully saturated rings. The Bertz CT molecular complexity index is 652. The van der Waals surface area contributed by atoms with Crippen molar-refractivity contribution in [3.63, 3.8) is 0 Å². The molecule has 0 spiro atoms. The molecule has 0 aliphatic carbocycles. The Morgan fingerprint density at radius 1 is 1.11 bits per heavy atom. The van der Waals surface area contributed by atoms with Gasteiger partial charge in [-0.25, -0.2) is 4.79 Å². The van der Waals surface area contributed by atoms with Crippen LogP contribution in [-0.4, -0.2) is 48.7 Å². The third-order valence-electron chi connectivity index (χ3n) is 4.87. The Labute approximate surface area is 168 Å². The van der Waals surface area contributed by atoms with Crippen LogP contribution in [-0.2, 0) is 9.53 Å². The second-order valence-corrected chi connectivity index (χ2v) is 8.19. The minimum atomic E-state index is -0.541. The summed E-state index contributed by atoms with van der Waals surface area (Å²) in [5.41, 5.74) is 1.10. The molecule has 0 radical (unpaired) electrons. The van der Waals surface area contributed by atoms with E-state index in [-0.39, 0.29) is 18.0 Å². The summed E-state index contributed by atoms with van der Waals surface area (Å²) in [6.07, 6.45) is 0.524. The quantitative estimate of drug-likeness (QED) is 0.765. The molecule has 0 aromatic heterocycles. The lowest BCUT2D eigenvalue weighted by Gasteiger charge is -2.33. The monoisotopic (exact) mass is 390 g/mol. The third-order valence-corrected chi connectivity index (χ3v) is 4.87. The van der Waals surface area contributed by atoms with E-state index in [1.54, 1.807) is 6.92 Å². The molecule has 0 bridgehead atoms. The van der Waals surface area contributed by atoms with Gasteiger partial charge in [-0.15, -0.1) is 0 Å². The zero-order valence-corrected chi connectivity index (χ0v) is 17.7. The van der Waals surface area contributed by atoms with Crippen molar-refractivity contribution in [1.82, 2.24) is 10.2 Å². The Balaban J connectivity index is 1.82. The lowest BCUT2D eigenvalue weighted by Crippen LogP contribution is -2.49. The number of nitrogens with one attached hydrogen (secondary N) is 1. The number of piperidine rings is 1. The summed E-state index contributed by atoms with van der Waals surface area (Å²) >= 11 is 0. The average Bonchev–Trinajstić information content (AvgIpc) is 2.66. The first-order valence-corrected chi connectivity index (χ1v) is 10.3. The van der Waals surface area contributed by atoms with Crippen molar-refractivity contribution in [2.24, 2.45) is 5.92 Å². The van der Waals surface area contributed by atoms with Crippen molar-refractivity contribution in [3.05, 3.63) is 29.8 Å². The highest BCUT2D eigenvalue weighted by atomic mass is 16.5. The van der Waals surface area contributed by atoms with Gasteiger partial charge in [0.25, 0.3) is 5.91 Å². The number of hydrogen-bond donors (Lipinski definition) is 1. The van der Waals surface area contributed by atoms with Crippen molar-refractivity contribution in [2.45, 2.75) is 65.5 Å². The van der Waals surface area contributed by atoms with Gasteiger partial charge in [0.2, 0.25) is 0 Å². The van der Waals surface area contributed by atoms with E-state index in [0.29, 0.717) is 31.5 Å². The molecule has 2 amide bonds. The van der Waals surface area contributed by atoms with Gasteiger partial charge < -0.3 is 19.7 Å². The summed E-state index contributed by atoms with van der Waals surface area (Å²) < 4.78 is 11.2. The van der Waals surface area contributed by atoms with E-state index in [9.17, 15) is 9.59 Å². The van der Waals surface area contributed by atoms with Crippen molar-refractivity contribution in [2.75, 3.05) is 19.7 Å². The predicted octanol–water partition coefficient (Wildman–Crippen LogP) is 3.95. The molecule has 1 saturated heterocycles. The van der Waals surface area contributed by atoms with Crippen molar-refractivity contribution in [3.8, 4) is 5.75 Å². The smallest absolute Gasteiger partial charge is 0.407 e. The number of carbonyl (C=O) groups excluding carboxylic acids is 2. The Morgan fingerprint density at radius 2 is 1.75 bits per heavy atom. The van der Waals surface area contributed by atoms with Gasteiger partial charge in [-0.3, -0.25) is 4.79 Å². The fraction of sp³-hybridized carbons (Fsp3) is 0.636. The fourth-order valence-electron chi connectivity index (χ4n) is 3.26. The number of nitrogens with zero attached hydrogens (tertiary/aromatic N) is 1. The van der Waals surface area contributed by atoms with Crippen molar-refractivity contribution >= 4 is 12.0 Å². The third kappa shape index (κ3) is 6.43. The molecule has 6 heteroatoms. The second kappa shape index (κ2) is 10.3. The number of benzene rings is 1. The fourth-order valence-corrected chi connectivity index (χ4v) is 3.26. The number of amides is 2.